The van der Waals surface area contributed by atoms with Crippen LogP contribution in [0.15, 0.2) is 206 Å². The second-order valence-corrected chi connectivity index (χ2v) is 16.5. The van der Waals surface area contributed by atoms with Crippen LogP contribution in [-0.2, 0) is 0 Å². The lowest BCUT2D eigenvalue weighted by Crippen LogP contribution is -2.40. The molecule has 9 aromatic carbocycles. The van der Waals surface area contributed by atoms with Crippen LogP contribution in [0, 0.1) is 11.8 Å². The Bertz CT molecular complexity index is 3410. The molecule has 10 aromatic rings. The zero-order valence-electron chi connectivity index (χ0n) is 31.2. The van der Waals surface area contributed by atoms with Crippen LogP contribution in [0.2, 0.25) is 0 Å². The highest BCUT2D eigenvalue weighted by molar-refractivity contribution is 7.26. The lowest BCUT2D eigenvalue weighted by Gasteiger charge is -2.33. The third-order valence-corrected chi connectivity index (χ3v) is 13.7. The molecule has 0 nitrogen and oxygen atoms in total. The molecule has 0 fully saturated rings. The van der Waals surface area contributed by atoms with E-state index in [0.717, 1.165) is 0 Å². The van der Waals surface area contributed by atoms with E-state index in [0.29, 0.717) is 0 Å². The Kier molecular flexibility index (Phi) is 7.33. The summed E-state index contributed by atoms with van der Waals surface area (Å²) < 4.78 is 2.68. The second-order valence-electron chi connectivity index (χ2n) is 15.5. The summed E-state index contributed by atoms with van der Waals surface area (Å²) in [4.78, 5) is 0. The van der Waals surface area contributed by atoms with Crippen LogP contribution in [0.5, 0.6) is 0 Å². The third kappa shape index (κ3) is 4.99. The maximum Gasteiger partial charge on any atom is 0.0431 e. The Morgan fingerprint density at radius 3 is 1.60 bits per heavy atom. The van der Waals surface area contributed by atoms with E-state index < -0.39 is 0 Å². The van der Waals surface area contributed by atoms with Gasteiger partial charge in [0.15, 0.2) is 0 Å². The standard InChI is InChI=1S/C56H36S/c1-2-16-36(17-3-1)52-44-23-10-12-25-46(44)55(47-26-13-11-24-45(47)52)49-28-14-27-48-50-34-39(31-32-51(50)57-56(48)49)54-42-21-8-6-19-40(42)53(41-20-7-9-22-43(41)54)38-30-29-35-15-4-5-18-37(35)33-38/h1-34,44,46H. The Morgan fingerprint density at radius 1 is 0.351 bits per heavy atom. The normalized spacial score (nSPS) is 16.2. The van der Waals surface area contributed by atoms with Crippen molar-refractivity contribution in [3.63, 3.8) is 0 Å². The topological polar surface area (TPSA) is 0 Å². The average molecular weight is 741 g/mol. The van der Waals surface area contributed by atoms with E-state index in [-0.39, 0.29) is 11.8 Å². The molecule has 266 valence electrons. The molecule has 1 aromatic heterocycles. The van der Waals surface area contributed by atoms with E-state index in [1.54, 1.807) is 0 Å². The van der Waals surface area contributed by atoms with Crippen molar-refractivity contribution in [1.29, 1.82) is 0 Å². The molecule has 0 radical (unpaired) electrons. The van der Waals surface area contributed by atoms with Gasteiger partial charge in [0.25, 0.3) is 0 Å². The fourth-order valence-electron chi connectivity index (χ4n) is 10.0. The van der Waals surface area contributed by atoms with Gasteiger partial charge in [0, 0.05) is 32.0 Å². The molecule has 0 bridgehead atoms. The molecule has 1 heteroatoms. The first-order valence-electron chi connectivity index (χ1n) is 19.9. The molecule has 2 aliphatic rings. The Balaban J connectivity index is 1.10. The van der Waals surface area contributed by atoms with Gasteiger partial charge in [-0.3, -0.25) is 0 Å². The summed E-state index contributed by atoms with van der Waals surface area (Å²) in [5.74, 6) is 0.503. The number of thiophene rings is 1. The highest BCUT2D eigenvalue weighted by Gasteiger charge is 2.32. The molecule has 2 aliphatic carbocycles. The van der Waals surface area contributed by atoms with Crippen molar-refractivity contribution in [1.82, 2.24) is 0 Å². The Labute approximate surface area is 335 Å². The number of hydrogen-bond acceptors (Lipinski definition) is 1. The number of benzene rings is 9. The third-order valence-electron chi connectivity index (χ3n) is 12.4. The second kappa shape index (κ2) is 12.9. The SMILES string of the molecule is C1=CC2C(c3ccccc3)=c3ccccc3=C(c3cccc4c3sc3ccc(-c5c6ccccc6c(-c6ccc7ccccc7c6)c6ccccc56)cc34)C2C=C1. The minimum atomic E-state index is 0.241. The summed E-state index contributed by atoms with van der Waals surface area (Å²) in [6.07, 6.45) is 9.33. The maximum atomic E-state index is 2.47. The van der Waals surface area contributed by atoms with Crippen LogP contribution in [-0.4, -0.2) is 0 Å². The highest BCUT2D eigenvalue weighted by atomic mass is 32.1. The van der Waals surface area contributed by atoms with E-state index in [1.807, 2.05) is 11.3 Å². The van der Waals surface area contributed by atoms with Gasteiger partial charge in [-0.1, -0.05) is 188 Å². The van der Waals surface area contributed by atoms with Gasteiger partial charge in [-0.05, 0) is 105 Å². The highest BCUT2D eigenvalue weighted by Crippen LogP contribution is 2.48. The first kappa shape index (κ1) is 32.4. The van der Waals surface area contributed by atoms with Gasteiger partial charge in [-0.2, -0.15) is 0 Å². The van der Waals surface area contributed by atoms with Crippen molar-refractivity contribution in [2.75, 3.05) is 0 Å². The molecule has 0 amide bonds. The van der Waals surface area contributed by atoms with Gasteiger partial charge in [0.2, 0.25) is 0 Å². The summed E-state index contributed by atoms with van der Waals surface area (Å²) in [5.41, 5.74) is 10.6. The average Bonchev–Trinajstić information content (AvgIpc) is 3.66. The smallest absolute Gasteiger partial charge is 0.0431 e. The van der Waals surface area contributed by atoms with Gasteiger partial charge in [0.05, 0.1) is 0 Å². The van der Waals surface area contributed by atoms with Crippen LogP contribution in [0.3, 0.4) is 0 Å². The molecule has 2 unspecified atom stereocenters. The molecule has 12 rings (SSSR count). The number of fused-ring (bicyclic) bond motifs is 8. The summed E-state index contributed by atoms with van der Waals surface area (Å²) in [6.45, 7) is 0. The van der Waals surface area contributed by atoms with Crippen molar-refractivity contribution in [2.45, 2.75) is 0 Å². The molecule has 0 saturated carbocycles. The first-order valence-corrected chi connectivity index (χ1v) is 20.7. The van der Waals surface area contributed by atoms with Gasteiger partial charge in [-0.25, -0.2) is 0 Å². The lowest BCUT2D eigenvalue weighted by molar-refractivity contribution is 0.687. The van der Waals surface area contributed by atoms with Crippen molar-refractivity contribution in [3.05, 3.63) is 228 Å². The minimum Gasteiger partial charge on any atom is -0.135 e. The molecule has 0 aliphatic heterocycles. The molecule has 1 heterocycles. The van der Waals surface area contributed by atoms with Crippen molar-refractivity contribution in [3.8, 4) is 22.3 Å². The van der Waals surface area contributed by atoms with Crippen LogP contribution < -0.4 is 10.4 Å². The Morgan fingerprint density at radius 2 is 0.895 bits per heavy atom. The van der Waals surface area contributed by atoms with Gasteiger partial charge in [-0.15, -0.1) is 11.3 Å². The minimum absolute atomic E-state index is 0.241. The van der Waals surface area contributed by atoms with Crippen LogP contribution >= 0.6 is 11.3 Å². The fourth-order valence-corrected chi connectivity index (χ4v) is 11.2. The van der Waals surface area contributed by atoms with Crippen molar-refractivity contribution in [2.24, 2.45) is 11.8 Å². The predicted molar refractivity (Wildman–Crippen MR) is 245 cm³/mol. The number of hydrogen-bond donors (Lipinski definition) is 0. The zero-order chi connectivity index (χ0) is 37.5. The molecular weight excluding hydrogens is 705 g/mol. The molecule has 57 heavy (non-hydrogen) atoms. The Hall–Kier alpha value is -6.80. The summed E-state index contributed by atoms with van der Waals surface area (Å²) in [7, 11) is 0. The first-order chi connectivity index (χ1) is 28.3. The summed E-state index contributed by atoms with van der Waals surface area (Å²) in [5, 5.41) is 13.0. The molecule has 2 atom stereocenters. The van der Waals surface area contributed by atoms with E-state index in [9.17, 15) is 0 Å². The quantitative estimate of drug-likeness (QED) is 0.158. The zero-order valence-corrected chi connectivity index (χ0v) is 32.0. The number of allylic oxidation sites excluding steroid dienone is 4. The molecule has 0 spiro atoms. The molecule has 0 N–H and O–H groups in total. The van der Waals surface area contributed by atoms with Crippen LogP contribution in [0.25, 0.3) is 85.9 Å². The molecular formula is C56H36S. The van der Waals surface area contributed by atoms with Crippen molar-refractivity contribution >= 4 is 75.0 Å². The number of rotatable bonds is 4. The summed E-state index contributed by atoms with van der Waals surface area (Å²) in [6, 6.07) is 67.8. The van der Waals surface area contributed by atoms with Crippen molar-refractivity contribution < 1.29 is 0 Å². The van der Waals surface area contributed by atoms with E-state index in [4.69, 9.17) is 0 Å². The summed E-state index contributed by atoms with van der Waals surface area (Å²) >= 11 is 1.94. The molecule has 0 saturated heterocycles. The predicted octanol–water partition coefficient (Wildman–Crippen LogP) is 13.6. The largest absolute Gasteiger partial charge is 0.135 e. The van der Waals surface area contributed by atoms with E-state index >= 15 is 0 Å². The van der Waals surface area contributed by atoms with Gasteiger partial charge >= 0.3 is 0 Å². The van der Waals surface area contributed by atoms with Crippen LogP contribution in [0.1, 0.15) is 11.1 Å². The van der Waals surface area contributed by atoms with Gasteiger partial charge < -0.3 is 0 Å². The fraction of sp³-hybridized carbons (Fsp3) is 0.0357. The van der Waals surface area contributed by atoms with Gasteiger partial charge in [0.1, 0.15) is 0 Å². The monoisotopic (exact) mass is 740 g/mol. The maximum absolute atomic E-state index is 2.47. The van der Waals surface area contributed by atoms with E-state index in [2.05, 4.69) is 206 Å². The lowest BCUT2D eigenvalue weighted by atomic mass is 9.70. The van der Waals surface area contributed by atoms with Crippen LogP contribution in [0.4, 0.5) is 0 Å². The van der Waals surface area contributed by atoms with E-state index in [1.165, 1.54) is 107 Å².